The lowest BCUT2D eigenvalue weighted by molar-refractivity contribution is 0.614. The van der Waals surface area contributed by atoms with Gasteiger partial charge in [-0.1, -0.05) is 24.1 Å². The second-order valence-electron chi connectivity index (χ2n) is 3.92. The van der Waals surface area contributed by atoms with Crippen molar-refractivity contribution in [2.75, 3.05) is 0 Å². The maximum atomic E-state index is 13.6. The van der Waals surface area contributed by atoms with Gasteiger partial charge in [0, 0.05) is 9.82 Å². The molecule has 0 unspecified atom stereocenters. The van der Waals surface area contributed by atoms with E-state index in [-0.39, 0.29) is 11.4 Å². The van der Waals surface area contributed by atoms with Crippen LogP contribution in [-0.2, 0) is 6.42 Å². The first-order valence-electron chi connectivity index (χ1n) is 5.01. The van der Waals surface area contributed by atoms with Crippen molar-refractivity contribution >= 4 is 11.4 Å². The fourth-order valence-electron chi connectivity index (χ4n) is 1.50. The largest absolute Gasteiger partial charge is 0.206 e. The molecule has 1 rings (SSSR count). The fourth-order valence-corrected chi connectivity index (χ4v) is 1.50. The van der Waals surface area contributed by atoms with Crippen molar-refractivity contribution in [3.05, 3.63) is 44.4 Å². The van der Waals surface area contributed by atoms with Crippen LogP contribution in [0.4, 0.5) is 15.8 Å². The molecule has 0 fully saturated rings. The van der Waals surface area contributed by atoms with Crippen LogP contribution in [0.1, 0.15) is 19.4 Å². The van der Waals surface area contributed by atoms with Gasteiger partial charge in [-0.3, -0.25) is 0 Å². The molecular weight excluding hydrogens is 223 g/mol. The average molecular weight is 234 g/mol. The third-order valence-corrected chi connectivity index (χ3v) is 2.04. The molecule has 0 N–H and O–H groups in total. The zero-order chi connectivity index (χ0) is 12.8. The van der Waals surface area contributed by atoms with Gasteiger partial charge in [-0.15, -0.1) is 0 Å². The third kappa shape index (κ3) is 3.38. The van der Waals surface area contributed by atoms with E-state index in [1.165, 1.54) is 12.1 Å². The van der Waals surface area contributed by atoms with Crippen LogP contribution in [0.25, 0.3) is 20.9 Å². The van der Waals surface area contributed by atoms with Gasteiger partial charge in [0.25, 0.3) is 0 Å². The molecule has 0 aliphatic rings. The molecule has 6 nitrogen and oxygen atoms in total. The normalized spacial score (nSPS) is 9.65. The van der Waals surface area contributed by atoms with E-state index in [2.05, 4.69) is 20.1 Å². The lowest BCUT2D eigenvalue weighted by atomic mass is 10.0. The van der Waals surface area contributed by atoms with E-state index >= 15 is 0 Å². The van der Waals surface area contributed by atoms with Gasteiger partial charge in [0.15, 0.2) is 0 Å². The molecule has 0 aliphatic heterocycles. The molecule has 0 atom stereocenters. The van der Waals surface area contributed by atoms with E-state index in [0.29, 0.717) is 17.9 Å². The number of hydrogen-bond acceptors (Lipinski definition) is 2. The highest BCUT2D eigenvalue weighted by atomic mass is 19.1. The quantitative estimate of drug-likeness (QED) is 0.402. The summed E-state index contributed by atoms with van der Waals surface area (Å²) in [5.74, 6) is -0.331. The lowest BCUT2D eigenvalue weighted by Gasteiger charge is -2.08. The van der Waals surface area contributed by atoms with Gasteiger partial charge in [-0.05, 0) is 41.1 Å². The van der Waals surface area contributed by atoms with E-state index in [0.717, 1.165) is 0 Å². The molecule has 0 spiro atoms. The summed E-state index contributed by atoms with van der Waals surface area (Å²) in [6.45, 7) is 3.99. The number of benzene rings is 1. The fraction of sp³-hybridized carbons (Fsp3) is 0.400. The molecule has 0 aromatic heterocycles. The molecule has 0 bridgehead atoms. The predicted molar refractivity (Wildman–Crippen MR) is 62.6 cm³/mol. The maximum Gasteiger partial charge on any atom is 0.133 e. The smallest absolute Gasteiger partial charge is 0.133 e. The molecule has 0 radical (unpaired) electrons. The number of hydrogen-bond donors (Lipinski definition) is 0. The highest BCUT2D eigenvalue weighted by Gasteiger charge is 2.09. The van der Waals surface area contributed by atoms with Crippen LogP contribution in [-0.4, -0.2) is 0 Å². The third-order valence-electron chi connectivity index (χ3n) is 2.04. The van der Waals surface area contributed by atoms with Gasteiger partial charge in [-0.25, -0.2) is 4.39 Å². The summed E-state index contributed by atoms with van der Waals surface area (Å²) >= 11 is 0. The second-order valence-corrected chi connectivity index (χ2v) is 3.92. The maximum absolute atomic E-state index is 13.6. The van der Waals surface area contributed by atoms with Gasteiger partial charge in [-0.2, -0.15) is 0 Å². The van der Waals surface area contributed by atoms with Crippen molar-refractivity contribution < 1.29 is 4.39 Å². The van der Waals surface area contributed by atoms with Crippen LogP contribution in [0.2, 0.25) is 0 Å². The molecule has 1 aromatic carbocycles. The van der Waals surface area contributed by atoms with E-state index in [1.807, 2.05) is 13.8 Å². The Balaban J connectivity index is 3.34. The SMILES string of the molecule is CC(C)Cc1cc(F)c(N=[N+]=[N-])c(N=[N+]=[N-])c1. The number of rotatable bonds is 4. The van der Waals surface area contributed by atoms with Crippen LogP contribution < -0.4 is 0 Å². The second kappa shape index (κ2) is 5.75. The first-order valence-corrected chi connectivity index (χ1v) is 5.01. The minimum Gasteiger partial charge on any atom is -0.206 e. The highest BCUT2D eigenvalue weighted by Crippen LogP contribution is 2.33. The van der Waals surface area contributed by atoms with Gasteiger partial charge in [0.1, 0.15) is 5.82 Å². The van der Waals surface area contributed by atoms with E-state index in [1.54, 1.807) is 0 Å². The molecule has 88 valence electrons. The Labute approximate surface area is 97.3 Å². The predicted octanol–water partition coefficient (Wildman–Crippen LogP) is 4.91. The first-order chi connectivity index (χ1) is 8.08. The van der Waals surface area contributed by atoms with Crippen molar-refractivity contribution in [2.24, 2.45) is 16.1 Å². The minimum atomic E-state index is -0.677. The molecule has 0 amide bonds. The van der Waals surface area contributed by atoms with Gasteiger partial charge in [0.2, 0.25) is 0 Å². The number of nitrogens with zero attached hydrogens (tertiary/aromatic N) is 6. The van der Waals surface area contributed by atoms with Gasteiger partial charge >= 0.3 is 0 Å². The Morgan fingerprint density at radius 3 is 2.41 bits per heavy atom. The van der Waals surface area contributed by atoms with E-state index in [9.17, 15) is 4.39 Å². The van der Waals surface area contributed by atoms with Crippen LogP contribution in [0.3, 0.4) is 0 Å². The van der Waals surface area contributed by atoms with Crippen LogP contribution in [0, 0.1) is 11.7 Å². The van der Waals surface area contributed by atoms with Crippen LogP contribution in [0.5, 0.6) is 0 Å². The van der Waals surface area contributed by atoms with Crippen LogP contribution >= 0.6 is 0 Å². The Hall–Kier alpha value is -2.23. The van der Waals surface area contributed by atoms with Crippen molar-refractivity contribution in [3.8, 4) is 0 Å². The summed E-state index contributed by atoms with van der Waals surface area (Å²) in [4.78, 5) is 5.09. The van der Waals surface area contributed by atoms with Crippen molar-refractivity contribution in [3.63, 3.8) is 0 Å². The number of halogens is 1. The summed E-state index contributed by atoms with van der Waals surface area (Å²) in [6.07, 6.45) is 0.654. The molecule has 0 aliphatic carbocycles. The summed E-state index contributed by atoms with van der Waals surface area (Å²) in [5.41, 5.74) is 17.1. The highest BCUT2D eigenvalue weighted by molar-refractivity contribution is 5.63. The lowest BCUT2D eigenvalue weighted by Crippen LogP contribution is -1.94. The standard InChI is InChI=1S/C10H11FN6/c1-6(2)3-7-4-8(11)10(15-17-13)9(5-7)14-16-12/h4-6H,3H2,1-2H3. The molecular formula is C10H11FN6. The zero-order valence-electron chi connectivity index (χ0n) is 9.50. The molecule has 0 saturated heterocycles. The van der Waals surface area contributed by atoms with Crippen molar-refractivity contribution in [1.29, 1.82) is 0 Å². The Bertz CT molecular complexity index is 512. The average Bonchev–Trinajstić information content (AvgIpc) is 2.22. The number of azide groups is 2. The Kier molecular flexibility index (Phi) is 4.34. The topological polar surface area (TPSA) is 97.5 Å². The molecule has 0 heterocycles. The zero-order valence-corrected chi connectivity index (χ0v) is 9.50. The van der Waals surface area contributed by atoms with E-state index < -0.39 is 5.82 Å². The summed E-state index contributed by atoms with van der Waals surface area (Å²) in [7, 11) is 0. The Morgan fingerprint density at radius 2 is 1.88 bits per heavy atom. The first kappa shape index (κ1) is 12.8. The summed E-state index contributed by atoms with van der Waals surface area (Å²) < 4.78 is 13.6. The molecule has 7 heteroatoms. The van der Waals surface area contributed by atoms with Gasteiger partial charge < -0.3 is 0 Å². The Morgan fingerprint density at radius 1 is 1.24 bits per heavy atom. The monoisotopic (exact) mass is 234 g/mol. The summed E-state index contributed by atoms with van der Waals surface area (Å²) in [5, 5.41) is 6.52. The summed E-state index contributed by atoms with van der Waals surface area (Å²) in [6, 6.07) is 2.83. The molecule has 0 saturated carbocycles. The van der Waals surface area contributed by atoms with Crippen molar-refractivity contribution in [2.45, 2.75) is 20.3 Å². The molecule has 1 aromatic rings. The van der Waals surface area contributed by atoms with Gasteiger partial charge in [0.05, 0.1) is 11.4 Å². The van der Waals surface area contributed by atoms with Crippen LogP contribution in [0.15, 0.2) is 22.4 Å². The minimum absolute atomic E-state index is 0.0148. The van der Waals surface area contributed by atoms with E-state index in [4.69, 9.17) is 11.1 Å². The molecule has 17 heavy (non-hydrogen) atoms. The van der Waals surface area contributed by atoms with Crippen molar-refractivity contribution in [1.82, 2.24) is 0 Å².